The maximum absolute atomic E-state index is 13.4. The smallest absolute Gasteiger partial charge is 0.277 e. The van der Waals surface area contributed by atoms with Crippen molar-refractivity contribution in [3.63, 3.8) is 0 Å². The molecule has 4 aromatic rings. The summed E-state index contributed by atoms with van der Waals surface area (Å²) < 4.78 is 28.2. The van der Waals surface area contributed by atoms with E-state index in [-0.39, 0.29) is 22.0 Å². The van der Waals surface area contributed by atoms with Gasteiger partial charge in [0.05, 0.1) is 32.2 Å². The second-order valence-corrected chi connectivity index (χ2v) is 12.8. The van der Waals surface area contributed by atoms with Crippen molar-refractivity contribution in [2.24, 2.45) is 11.0 Å². The number of pyridine rings is 1. The number of nitro benzene ring substituents is 2. The standard InChI is InChI=1S/C28H26N6O6S2/c1-19-11-14-32(15-12-19)42(39,40)27-17-22(33(35)36)8-9-23(27)31-30-18-20-7-10-25(24(16-20)34(37)38)41-26-6-2-4-21-5-3-13-29-28(21)26/h2-10,13,16-19,31H,11-12,14-15H2,1H3/b30-18-. The van der Waals surface area contributed by atoms with Crippen molar-refractivity contribution >= 4 is 56.0 Å². The lowest BCUT2D eigenvalue weighted by atomic mass is 10.0. The molecule has 1 aliphatic heterocycles. The normalized spacial score (nSPS) is 14.8. The second kappa shape index (κ2) is 12.2. The summed E-state index contributed by atoms with van der Waals surface area (Å²) in [6, 6.07) is 17.5. The molecule has 0 saturated carbocycles. The number of aromatic nitrogens is 1. The first kappa shape index (κ1) is 29.1. The molecule has 1 fully saturated rings. The maximum atomic E-state index is 13.4. The number of fused-ring (bicyclic) bond motifs is 1. The van der Waals surface area contributed by atoms with E-state index in [1.807, 2.05) is 30.3 Å². The number of anilines is 1. The quantitative estimate of drug-likeness (QED) is 0.135. The molecule has 14 heteroatoms. The number of sulfonamides is 1. The van der Waals surface area contributed by atoms with E-state index in [4.69, 9.17) is 0 Å². The molecule has 2 heterocycles. The zero-order chi connectivity index (χ0) is 29.9. The number of hydrogen-bond acceptors (Lipinski definition) is 10. The van der Waals surface area contributed by atoms with Gasteiger partial charge in [-0.15, -0.1) is 0 Å². The minimum absolute atomic E-state index is 0.0561. The van der Waals surface area contributed by atoms with Crippen LogP contribution in [0, 0.1) is 26.1 Å². The van der Waals surface area contributed by atoms with E-state index in [0.29, 0.717) is 42.3 Å². The number of rotatable bonds is 9. The van der Waals surface area contributed by atoms with Crippen LogP contribution in [-0.2, 0) is 10.0 Å². The Labute approximate surface area is 245 Å². The molecule has 0 radical (unpaired) electrons. The van der Waals surface area contributed by atoms with Crippen molar-refractivity contribution in [3.8, 4) is 0 Å². The molecule has 0 spiro atoms. The highest BCUT2D eigenvalue weighted by atomic mass is 32.2. The Morgan fingerprint density at radius 2 is 1.76 bits per heavy atom. The van der Waals surface area contributed by atoms with Crippen molar-refractivity contribution < 1.29 is 18.3 Å². The Morgan fingerprint density at radius 3 is 2.50 bits per heavy atom. The monoisotopic (exact) mass is 606 g/mol. The summed E-state index contributed by atoms with van der Waals surface area (Å²) in [5, 5.41) is 28.3. The van der Waals surface area contributed by atoms with E-state index in [2.05, 4.69) is 22.4 Å². The molecule has 0 bridgehead atoms. The maximum Gasteiger partial charge on any atom is 0.283 e. The largest absolute Gasteiger partial charge is 0.283 e. The number of nitrogens with zero attached hydrogens (tertiary/aromatic N) is 5. The van der Waals surface area contributed by atoms with Gasteiger partial charge in [-0.25, -0.2) is 8.42 Å². The number of hydrogen-bond donors (Lipinski definition) is 1. The van der Waals surface area contributed by atoms with Crippen molar-refractivity contribution in [3.05, 3.63) is 98.7 Å². The SMILES string of the molecule is CC1CCN(S(=O)(=O)c2cc([N+](=O)[O-])ccc2N/N=C\c2ccc(Sc3cccc4cccnc34)c([N+](=O)[O-])c2)CC1. The van der Waals surface area contributed by atoms with Crippen LogP contribution in [0.5, 0.6) is 0 Å². The van der Waals surface area contributed by atoms with Gasteiger partial charge in [0, 0.05) is 53.3 Å². The van der Waals surface area contributed by atoms with Gasteiger partial charge in [-0.2, -0.15) is 9.41 Å². The van der Waals surface area contributed by atoms with Crippen LogP contribution >= 0.6 is 11.8 Å². The van der Waals surface area contributed by atoms with E-state index in [1.54, 1.807) is 18.3 Å². The summed E-state index contributed by atoms with van der Waals surface area (Å²) in [6.07, 6.45) is 4.38. The van der Waals surface area contributed by atoms with Crippen molar-refractivity contribution in [2.45, 2.75) is 34.5 Å². The molecule has 216 valence electrons. The van der Waals surface area contributed by atoms with Crippen LogP contribution in [0.25, 0.3) is 10.9 Å². The number of para-hydroxylation sites is 1. The number of piperidine rings is 1. The summed E-state index contributed by atoms with van der Waals surface area (Å²) in [7, 11) is -4.04. The molecule has 1 saturated heterocycles. The lowest BCUT2D eigenvalue weighted by Crippen LogP contribution is -2.38. The molecular formula is C28H26N6O6S2. The Morgan fingerprint density at radius 1 is 1.00 bits per heavy atom. The van der Waals surface area contributed by atoms with E-state index >= 15 is 0 Å². The summed E-state index contributed by atoms with van der Waals surface area (Å²) in [4.78, 5) is 27.5. The van der Waals surface area contributed by atoms with Crippen molar-refractivity contribution in [2.75, 3.05) is 18.5 Å². The van der Waals surface area contributed by atoms with Gasteiger partial charge in [0.25, 0.3) is 11.4 Å². The first-order chi connectivity index (χ1) is 20.1. The number of nitro groups is 2. The molecule has 1 aromatic heterocycles. The number of benzene rings is 3. The molecule has 0 amide bonds. The van der Waals surface area contributed by atoms with Crippen LogP contribution in [0.3, 0.4) is 0 Å². The first-order valence-corrected chi connectivity index (χ1v) is 15.3. The molecular weight excluding hydrogens is 580 g/mol. The van der Waals surface area contributed by atoms with Crippen LogP contribution in [0.15, 0.2) is 92.7 Å². The molecule has 0 aliphatic carbocycles. The Hall–Kier alpha value is -4.40. The van der Waals surface area contributed by atoms with Crippen LogP contribution in [-0.4, -0.2) is 46.9 Å². The summed E-state index contributed by atoms with van der Waals surface area (Å²) in [5.74, 6) is 0.390. The van der Waals surface area contributed by atoms with Gasteiger partial charge >= 0.3 is 0 Å². The predicted octanol–water partition coefficient (Wildman–Crippen LogP) is 6.07. The summed E-state index contributed by atoms with van der Waals surface area (Å²) >= 11 is 1.23. The lowest BCUT2D eigenvalue weighted by Gasteiger charge is -2.29. The van der Waals surface area contributed by atoms with Crippen LogP contribution in [0.4, 0.5) is 17.1 Å². The van der Waals surface area contributed by atoms with Gasteiger partial charge in [0.2, 0.25) is 10.0 Å². The highest BCUT2D eigenvalue weighted by Gasteiger charge is 2.31. The number of hydrazone groups is 1. The highest BCUT2D eigenvalue weighted by Crippen LogP contribution is 2.38. The molecule has 12 nitrogen and oxygen atoms in total. The lowest BCUT2D eigenvalue weighted by molar-refractivity contribution is -0.387. The van der Waals surface area contributed by atoms with Crippen LogP contribution < -0.4 is 5.43 Å². The molecule has 1 aliphatic rings. The third-order valence-corrected chi connectivity index (χ3v) is 9.98. The minimum atomic E-state index is -4.04. The summed E-state index contributed by atoms with van der Waals surface area (Å²) in [5.41, 5.74) is 3.36. The second-order valence-electron chi connectivity index (χ2n) is 9.81. The van der Waals surface area contributed by atoms with Crippen molar-refractivity contribution in [1.29, 1.82) is 0 Å². The molecule has 5 rings (SSSR count). The third kappa shape index (κ3) is 6.25. The van der Waals surface area contributed by atoms with Gasteiger partial charge < -0.3 is 0 Å². The van der Waals surface area contributed by atoms with E-state index in [1.165, 1.54) is 40.5 Å². The fourth-order valence-corrected chi connectivity index (χ4v) is 7.25. The third-order valence-electron chi connectivity index (χ3n) is 6.93. The number of non-ortho nitro benzene ring substituents is 1. The van der Waals surface area contributed by atoms with Crippen LogP contribution in [0.2, 0.25) is 0 Å². The number of nitrogens with one attached hydrogen (secondary N) is 1. The van der Waals surface area contributed by atoms with Gasteiger partial charge in [0.15, 0.2) is 0 Å². The van der Waals surface area contributed by atoms with Crippen LogP contribution in [0.1, 0.15) is 25.3 Å². The predicted molar refractivity (Wildman–Crippen MR) is 160 cm³/mol. The van der Waals surface area contributed by atoms with Crippen molar-refractivity contribution in [1.82, 2.24) is 9.29 Å². The average Bonchev–Trinajstić information content (AvgIpc) is 2.98. The zero-order valence-corrected chi connectivity index (χ0v) is 24.0. The average molecular weight is 607 g/mol. The van der Waals surface area contributed by atoms with E-state index in [9.17, 15) is 28.6 Å². The van der Waals surface area contributed by atoms with Gasteiger partial charge in [-0.3, -0.25) is 30.6 Å². The van der Waals surface area contributed by atoms with Gasteiger partial charge in [0.1, 0.15) is 4.90 Å². The Kier molecular flexibility index (Phi) is 8.47. The highest BCUT2D eigenvalue weighted by molar-refractivity contribution is 7.99. The summed E-state index contributed by atoms with van der Waals surface area (Å²) in [6.45, 7) is 2.69. The Balaban J connectivity index is 1.40. The first-order valence-electron chi connectivity index (χ1n) is 13.0. The van der Waals surface area contributed by atoms with Gasteiger partial charge in [-0.05, 0) is 43.0 Å². The minimum Gasteiger partial charge on any atom is -0.277 e. The Bertz CT molecular complexity index is 1800. The van der Waals surface area contributed by atoms with E-state index < -0.39 is 19.9 Å². The molecule has 0 atom stereocenters. The molecule has 42 heavy (non-hydrogen) atoms. The zero-order valence-electron chi connectivity index (χ0n) is 22.4. The van der Waals surface area contributed by atoms with Gasteiger partial charge in [-0.1, -0.05) is 43.0 Å². The fourth-order valence-electron chi connectivity index (χ4n) is 4.59. The molecule has 3 aromatic carbocycles. The molecule has 0 unspecified atom stereocenters. The fraction of sp³-hybridized carbons (Fsp3) is 0.214. The topological polar surface area (TPSA) is 161 Å². The molecule has 1 N–H and O–H groups in total. The van der Waals surface area contributed by atoms with E-state index in [0.717, 1.165) is 21.9 Å².